The number of nitrogens with zero attached hydrogens (tertiary/aromatic N) is 2. The number of hydrogen-bond acceptors (Lipinski definition) is 8. The summed E-state index contributed by atoms with van der Waals surface area (Å²) in [5.41, 5.74) is 0. The quantitative estimate of drug-likeness (QED) is 0.511. The third-order valence-corrected chi connectivity index (χ3v) is 3.82. The molecular formula is C16H20N4O4. The van der Waals surface area contributed by atoms with Crippen LogP contribution in [-0.2, 0) is 4.74 Å². The molecule has 1 fully saturated rings. The molecule has 1 aliphatic rings. The number of aliphatic hydroxyl groups excluding tert-OH is 3. The second-order valence-electron chi connectivity index (χ2n) is 5.52. The van der Waals surface area contributed by atoms with Gasteiger partial charge in [-0.05, 0) is 24.3 Å². The Balaban J connectivity index is 1.65. The first-order valence-corrected chi connectivity index (χ1v) is 7.67. The monoisotopic (exact) mass is 332 g/mol. The molecule has 128 valence electrons. The molecule has 0 aromatic carbocycles. The van der Waals surface area contributed by atoms with Gasteiger partial charge in [0.1, 0.15) is 36.1 Å². The van der Waals surface area contributed by atoms with E-state index in [1.54, 1.807) is 42.7 Å². The summed E-state index contributed by atoms with van der Waals surface area (Å²) in [5, 5.41) is 36.3. The van der Waals surface area contributed by atoms with Gasteiger partial charge in [-0.2, -0.15) is 0 Å². The summed E-state index contributed by atoms with van der Waals surface area (Å²) in [6, 6.07) is 10.7. The maximum Gasteiger partial charge on any atom is 0.158 e. The van der Waals surface area contributed by atoms with Crippen LogP contribution >= 0.6 is 0 Å². The van der Waals surface area contributed by atoms with Crippen molar-refractivity contribution in [2.45, 2.75) is 30.6 Å². The average Bonchev–Trinajstić information content (AvgIpc) is 2.63. The lowest BCUT2D eigenvalue weighted by molar-refractivity contribution is -0.210. The van der Waals surface area contributed by atoms with Crippen LogP contribution in [0.5, 0.6) is 0 Å². The molecule has 3 rings (SSSR count). The molecule has 2 aromatic heterocycles. The Hall–Kier alpha value is -2.26. The van der Waals surface area contributed by atoms with Crippen molar-refractivity contribution in [3.05, 3.63) is 48.8 Å². The molecule has 2 aromatic rings. The Kier molecular flexibility index (Phi) is 5.21. The lowest BCUT2D eigenvalue weighted by atomic mass is 9.98. The molecule has 3 heterocycles. The molecular weight excluding hydrogens is 312 g/mol. The van der Waals surface area contributed by atoms with E-state index in [0.29, 0.717) is 11.6 Å². The lowest BCUT2D eigenvalue weighted by Gasteiger charge is -2.41. The van der Waals surface area contributed by atoms with E-state index in [0.717, 1.165) is 0 Å². The second-order valence-corrected chi connectivity index (χ2v) is 5.52. The van der Waals surface area contributed by atoms with E-state index >= 15 is 0 Å². The minimum Gasteiger partial charge on any atom is -0.388 e. The van der Waals surface area contributed by atoms with Gasteiger partial charge in [-0.15, -0.1) is 0 Å². The summed E-state index contributed by atoms with van der Waals surface area (Å²) in [5.74, 6) is 1.13. The van der Waals surface area contributed by atoms with Crippen molar-refractivity contribution in [2.24, 2.45) is 0 Å². The number of aromatic nitrogens is 2. The Morgan fingerprint density at radius 3 is 2.17 bits per heavy atom. The molecule has 0 unspecified atom stereocenters. The minimum atomic E-state index is -1.34. The normalized spacial score (nSPS) is 29.9. The molecule has 0 amide bonds. The third kappa shape index (κ3) is 3.80. The summed E-state index contributed by atoms with van der Waals surface area (Å²) in [6.07, 6.45) is -2.23. The van der Waals surface area contributed by atoms with Gasteiger partial charge in [-0.1, -0.05) is 12.1 Å². The zero-order valence-electron chi connectivity index (χ0n) is 12.9. The molecule has 1 saturated heterocycles. The largest absolute Gasteiger partial charge is 0.388 e. The molecule has 5 atom stereocenters. The average molecular weight is 332 g/mol. The van der Waals surface area contributed by atoms with E-state index in [4.69, 9.17) is 4.74 Å². The second kappa shape index (κ2) is 7.54. The van der Waals surface area contributed by atoms with Crippen LogP contribution in [0.15, 0.2) is 48.8 Å². The smallest absolute Gasteiger partial charge is 0.158 e. The van der Waals surface area contributed by atoms with Crippen LogP contribution in [0.2, 0.25) is 0 Å². The van der Waals surface area contributed by atoms with E-state index in [-0.39, 0.29) is 6.54 Å². The van der Waals surface area contributed by atoms with Crippen molar-refractivity contribution in [3.8, 4) is 0 Å². The predicted molar refractivity (Wildman–Crippen MR) is 87.3 cm³/mol. The number of aliphatic hydroxyl groups is 3. The molecule has 24 heavy (non-hydrogen) atoms. The van der Waals surface area contributed by atoms with Crippen LogP contribution in [0.3, 0.4) is 0 Å². The summed E-state index contributed by atoms with van der Waals surface area (Å²) in [7, 11) is 0. The molecule has 0 radical (unpaired) electrons. The highest BCUT2D eigenvalue weighted by Crippen LogP contribution is 2.22. The Bertz CT molecular complexity index is 628. The molecule has 0 spiro atoms. The van der Waals surface area contributed by atoms with Crippen LogP contribution in [0, 0.1) is 0 Å². The predicted octanol–water partition coefficient (Wildman–Crippen LogP) is -0.192. The number of ether oxygens (including phenoxy) is 1. The minimum absolute atomic E-state index is 0.225. The van der Waals surface area contributed by atoms with Crippen molar-refractivity contribution in [1.29, 1.82) is 0 Å². The van der Waals surface area contributed by atoms with Gasteiger partial charge < -0.3 is 30.7 Å². The van der Waals surface area contributed by atoms with Gasteiger partial charge in [-0.3, -0.25) is 0 Å². The first-order valence-electron chi connectivity index (χ1n) is 7.67. The van der Waals surface area contributed by atoms with Crippen molar-refractivity contribution in [2.75, 3.05) is 17.2 Å². The summed E-state index contributed by atoms with van der Waals surface area (Å²) in [6.45, 7) is 0.225. The molecule has 5 N–H and O–H groups in total. The van der Waals surface area contributed by atoms with Gasteiger partial charge in [0.15, 0.2) is 6.23 Å². The molecule has 1 aliphatic heterocycles. The van der Waals surface area contributed by atoms with Crippen molar-refractivity contribution >= 4 is 11.6 Å². The number of rotatable bonds is 5. The fraction of sp³-hybridized carbons (Fsp3) is 0.375. The van der Waals surface area contributed by atoms with Crippen LogP contribution in [-0.4, -0.2) is 62.5 Å². The summed E-state index contributed by atoms with van der Waals surface area (Å²) >= 11 is 0. The Labute approximate surface area is 139 Å². The summed E-state index contributed by atoms with van der Waals surface area (Å²) in [4.78, 5) is 8.22. The van der Waals surface area contributed by atoms with Crippen LogP contribution < -0.4 is 10.6 Å². The van der Waals surface area contributed by atoms with Gasteiger partial charge in [0.05, 0.1) is 0 Å². The van der Waals surface area contributed by atoms with Crippen LogP contribution in [0.4, 0.5) is 11.6 Å². The molecule has 8 heteroatoms. The van der Waals surface area contributed by atoms with Gasteiger partial charge in [0, 0.05) is 18.9 Å². The molecule has 0 bridgehead atoms. The van der Waals surface area contributed by atoms with E-state index in [2.05, 4.69) is 20.6 Å². The Morgan fingerprint density at radius 1 is 0.875 bits per heavy atom. The fourth-order valence-corrected chi connectivity index (χ4v) is 2.50. The lowest BCUT2D eigenvalue weighted by Crippen LogP contribution is -2.61. The highest BCUT2D eigenvalue weighted by atomic mass is 16.5. The highest BCUT2D eigenvalue weighted by molar-refractivity contribution is 5.35. The Morgan fingerprint density at radius 2 is 1.54 bits per heavy atom. The standard InChI is InChI=1S/C16H20N4O4/c21-13-10(9-19-11-5-1-3-7-17-11)24-16(15(23)14(13)22)20-12-6-2-4-8-18-12/h1-8,10,13-16,21-23H,9H2,(H,17,19)(H,18,20)/t10-,13-,14-,15-,16+/m0/s1. The number of nitrogens with one attached hydrogen (secondary N) is 2. The maximum absolute atomic E-state index is 10.1. The zero-order valence-corrected chi connectivity index (χ0v) is 12.9. The SMILES string of the molecule is O[C@H]1[C@@H](O)[C@H](CNc2ccccn2)O[C@@H](Nc2ccccn2)[C@H]1O. The van der Waals surface area contributed by atoms with Crippen molar-refractivity contribution in [1.82, 2.24) is 9.97 Å². The number of hydrogen-bond donors (Lipinski definition) is 5. The van der Waals surface area contributed by atoms with Gasteiger partial charge in [-0.25, -0.2) is 9.97 Å². The van der Waals surface area contributed by atoms with E-state index in [1.807, 2.05) is 6.07 Å². The van der Waals surface area contributed by atoms with E-state index < -0.39 is 30.6 Å². The summed E-state index contributed by atoms with van der Waals surface area (Å²) < 4.78 is 5.71. The molecule has 0 saturated carbocycles. The number of pyridine rings is 2. The van der Waals surface area contributed by atoms with Gasteiger partial charge in [0.25, 0.3) is 0 Å². The van der Waals surface area contributed by atoms with Crippen LogP contribution in [0.25, 0.3) is 0 Å². The highest BCUT2D eigenvalue weighted by Gasteiger charge is 2.43. The first-order chi connectivity index (χ1) is 11.6. The molecule has 8 nitrogen and oxygen atoms in total. The van der Waals surface area contributed by atoms with Gasteiger partial charge in [0.2, 0.25) is 0 Å². The van der Waals surface area contributed by atoms with Crippen LogP contribution in [0.1, 0.15) is 0 Å². The van der Waals surface area contributed by atoms with Crippen molar-refractivity contribution < 1.29 is 20.1 Å². The topological polar surface area (TPSA) is 120 Å². The fourth-order valence-electron chi connectivity index (χ4n) is 2.50. The molecule has 0 aliphatic carbocycles. The van der Waals surface area contributed by atoms with E-state index in [1.165, 1.54) is 0 Å². The number of anilines is 2. The maximum atomic E-state index is 10.1. The van der Waals surface area contributed by atoms with E-state index in [9.17, 15) is 15.3 Å². The van der Waals surface area contributed by atoms with Gasteiger partial charge >= 0.3 is 0 Å². The third-order valence-electron chi connectivity index (χ3n) is 3.82. The zero-order chi connectivity index (χ0) is 16.9. The van der Waals surface area contributed by atoms with Crippen molar-refractivity contribution in [3.63, 3.8) is 0 Å². The first kappa shape index (κ1) is 16.6.